The minimum Gasteiger partial charge on any atom is -0.280 e. The summed E-state index contributed by atoms with van der Waals surface area (Å²) in [5.41, 5.74) is 3.21. The van der Waals surface area contributed by atoms with Gasteiger partial charge in [0.1, 0.15) is 0 Å². The Bertz CT molecular complexity index is 1200. The van der Waals surface area contributed by atoms with E-state index in [2.05, 4.69) is 16.7 Å². The zero-order valence-electron chi connectivity index (χ0n) is 16.4. The summed E-state index contributed by atoms with van der Waals surface area (Å²) in [4.78, 5) is 19.5. The van der Waals surface area contributed by atoms with Crippen LogP contribution in [-0.4, -0.2) is 27.2 Å². The van der Waals surface area contributed by atoms with Crippen molar-refractivity contribution < 1.29 is 4.79 Å². The zero-order chi connectivity index (χ0) is 21.8. The molecule has 0 radical (unpaired) electrons. The minimum absolute atomic E-state index is 0.138. The molecule has 0 saturated heterocycles. The van der Waals surface area contributed by atoms with Crippen LogP contribution in [0.4, 0.5) is 5.13 Å². The highest BCUT2D eigenvalue weighted by Gasteiger charge is 2.20. The lowest BCUT2D eigenvalue weighted by Crippen LogP contribution is -2.31. The van der Waals surface area contributed by atoms with Crippen molar-refractivity contribution in [2.75, 3.05) is 11.4 Å². The fourth-order valence-corrected chi connectivity index (χ4v) is 4.18. The van der Waals surface area contributed by atoms with E-state index in [1.165, 1.54) is 11.3 Å². The van der Waals surface area contributed by atoms with Gasteiger partial charge in [-0.25, -0.2) is 4.98 Å². The van der Waals surface area contributed by atoms with Gasteiger partial charge >= 0.3 is 0 Å². The number of amides is 1. The molecule has 156 valence electrons. The summed E-state index contributed by atoms with van der Waals surface area (Å²) in [6, 6.07) is 14.7. The predicted octanol–water partition coefficient (Wildman–Crippen LogP) is 6.19. The molecule has 0 atom stereocenters. The molecule has 0 spiro atoms. The van der Waals surface area contributed by atoms with Gasteiger partial charge < -0.3 is 0 Å². The first-order valence-corrected chi connectivity index (χ1v) is 11.1. The Kier molecular flexibility index (Phi) is 6.51. The molecule has 31 heavy (non-hydrogen) atoms. The second-order valence-electron chi connectivity index (χ2n) is 6.75. The summed E-state index contributed by atoms with van der Waals surface area (Å²) < 4.78 is 1.83. The Morgan fingerprint density at radius 3 is 2.65 bits per heavy atom. The molecule has 0 fully saturated rings. The van der Waals surface area contributed by atoms with E-state index >= 15 is 0 Å². The average molecular weight is 469 g/mol. The van der Waals surface area contributed by atoms with Crippen molar-refractivity contribution >= 4 is 45.6 Å². The molecule has 2 aromatic carbocycles. The van der Waals surface area contributed by atoms with E-state index in [1.54, 1.807) is 29.3 Å². The molecule has 0 unspecified atom stereocenters. The van der Waals surface area contributed by atoms with Crippen LogP contribution in [0, 0.1) is 0 Å². The van der Waals surface area contributed by atoms with Crippen molar-refractivity contribution in [2.45, 2.75) is 6.54 Å². The molecule has 1 amide bonds. The van der Waals surface area contributed by atoms with E-state index in [4.69, 9.17) is 23.2 Å². The fourth-order valence-electron chi connectivity index (χ4n) is 3.04. The van der Waals surface area contributed by atoms with Gasteiger partial charge in [0.25, 0.3) is 5.91 Å². The molecule has 0 aliphatic heterocycles. The number of halogens is 2. The lowest BCUT2D eigenvalue weighted by Gasteiger charge is -2.18. The second-order valence-corrected chi connectivity index (χ2v) is 8.40. The Morgan fingerprint density at radius 2 is 1.97 bits per heavy atom. The van der Waals surface area contributed by atoms with Gasteiger partial charge in [0.15, 0.2) is 5.13 Å². The molecule has 2 heterocycles. The van der Waals surface area contributed by atoms with E-state index in [0.29, 0.717) is 33.8 Å². The van der Waals surface area contributed by atoms with Crippen molar-refractivity contribution in [3.8, 4) is 11.3 Å². The van der Waals surface area contributed by atoms with Crippen LogP contribution in [0.5, 0.6) is 0 Å². The molecule has 0 bridgehead atoms. The highest BCUT2D eigenvalue weighted by atomic mass is 35.5. The van der Waals surface area contributed by atoms with Crippen LogP contribution in [0.25, 0.3) is 11.3 Å². The summed E-state index contributed by atoms with van der Waals surface area (Å²) in [6.45, 7) is 4.78. The third-order valence-electron chi connectivity index (χ3n) is 4.60. The van der Waals surface area contributed by atoms with Crippen molar-refractivity contribution in [1.82, 2.24) is 14.8 Å². The molecule has 2 aromatic heterocycles. The van der Waals surface area contributed by atoms with E-state index in [1.807, 2.05) is 52.7 Å². The van der Waals surface area contributed by atoms with Gasteiger partial charge in [-0.15, -0.1) is 17.9 Å². The van der Waals surface area contributed by atoms with Gasteiger partial charge in [-0.2, -0.15) is 5.10 Å². The molecule has 0 aliphatic rings. The highest BCUT2D eigenvalue weighted by molar-refractivity contribution is 7.14. The monoisotopic (exact) mass is 468 g/mol. The van der Waals surface area contributed by atoms with Crippen molar-refractivity contribution in [2.24, 2.45) is 0 Å². The number of hydrogen-bond acceptors (Lipinski definition) is 4. The summed E-state index contributed by atoms with van der Waals surface area (Å²) in [7, 11) is 0. The van der Waals surface area contributed by atoms with Gasteiger partial charge in [0.05, 0.1) is 22.3 Å². The quantitative estimate of drug-likeness (QED) is 0.303. The number of carbonyl (C=O) groups excluding carboxylic acids is 1. The summed E-state index contributed by atoms with van der Waals surface area (Å²) >= 11 is 13.5. The molecule has 0 aliphatic carbocycles. The fraction of sp³-hybridized carbons (Fsp3) is 0.0870. The van der Waals surface area contributed by atoms with Crippen molar-refractivity contribution in [1.29, 1.82) is 0 Å². The smallest absolute Gasteiger partial charge is 0.260 e. The minimum atomic E-state index is -0.138. The molecule has 4 aromatic rings. The molecular weight excluding hydrogens is 451 g/mol. The topological polar surface area (TPSA) is 51.0 Å². The number of benzene rings is 2. The van der Waals surface area contributed by atoms with Crippen molar-refractivity contribution in [3.05, 3.63) is 100 Å². The highest BCUT2D eigenvalue weighted by Crippen LogP contribution is 2.32. The summed E-state index contributed by atoms with van der Waals surface area (Å²) in [5.74, 6) is -0.138. The SMILES string of the molecule is C=CCN(C(=O)c1ccc(Cn2cccn2)cc1)c1nc(-c2ccc(Cl)c(Cl)c2)cs1. The number of carbonyl (C=O) groups is 1. The number of nitrogens with zero attached hydrogens (tertiary/aromatic N) is 4. The maximum atomic E-state index is 13.2. The van der Waals surface area contributed by atoms with E-state index in [9.17, 15) is 4.79 Å². The first-order chi connectivity index (χ1) is 15.0. The number of thiazole rings is 1. The Balaban J connectivity index is 1.55. The first-order valence-electron chi connectivity index (χ1n) is 9.45. The van der Waals surface area contributed by atoms with Crippen LogP contribution in [0.3, 0.4) is 0 Å². The molecule has 8 heteroatoms. The predicted molar refractivity (Wildman–Crippen MR) is 127 cm³/mol. The largest absolute Gasteiger partial charge is 0.280 e. The van der Waals surface area contributed by atoms with E-state index in [0.717, 1.165) is 16.8 Å². The number of rotatable bonds is 7. The molecule has 0 saturated carbocycles. The number of hydrogen-bond donors (Lipinski definition) is 0. The lowest BCUT2D eigenvalue weighted by atomic mass is 10.1. The Labute approximate surface area is 194 Å². The molecule has 5 nitrogen and oxygen atoms in total. The van der Waals surface area contributed by atoms with Crippen LogP contribution in [0.2, 0.25) is 10.0 Å². The Hall–Kier alpha value is -2.93. The van der Waals surface area contributed by atoms with Gasteiger partial charge in [-0.3, -0.25) is 14.4 Å². The first kappa shape index (κ1) is 21.3. The van der Waals surface area contributed by atoms with Crippen LogP contribution in [0.15, 0.2) is 79.0 Å². The lowest BCUT2D eigenvalue weighted by molar-refractivity contribution is 0.0989. The summed E-state index contributed by atoms with van der Waals surface area (Å²) in [6.07, 6.45) is 5.33. The second kappa shape index (κ2) is 9.47. The average Bonchev–Trinajstić information content (AvgIpc) is 3.46. The van der Waals surface area contributed by atoms with Crippen LogP contribution in [0.1, 0.15) is 15.9 Å². The third-order valence-corrected chi connectivity index (χ3v) is 6.20. The van der Waals surface area contributed by atoms with Crippen LogP contribution < -0.4 is 4.90 Å². The van der Waals surface area contributed by atoms with Gasteiger partial charge in [-0.1, -0.05) is 47.5 Å². The van der Waals surface area contributed by atoms with Crippen LogP contribution >= 0.6 is 34.5 Å². The maximum absolute atomic E-state index is 13.2. The van der Waals surface area contributed by atoms with Gasteiger partial charge in [0, 0.05) is 35.4 Å². The zero-order valence-corrected chi connectivity index (χ0v) is 18.7. The third kappa shape index (κ3) is 4.88. The molecule has 0 N–H and O–H groups in total. The molecular formula is C23H18Cl2N4OS. The maximum Gasteiger partial charge on any atom is 0.260 e. The normalized spacial score (nSPS) is 10.8. The van der Waals surface area contributed by atoms with Gasteiger partial charge in [-0.05, 0) is 35.9 Å². The van der Waals surface area contributed by atoms with E-state index in [-0.39, 0.29) is 5.91 Å². The molecule has 4 rings (SSSR count). The van der Waals surface area contributed by atoms with Crippen molar-refractivity contribution in [3.63, 3.8) is 0 Å². The van der Waals surface area contributed by atoms with E-state index < -0.39 is 0 Å². The number of aromatic nitrogens is 3. The standard InChI is InChI=1S/C23H18Cl2N4OS/c1-2-11-29(23-27-21(15-31-23)18-8-9-19(24)20(25)13-18)22(30)17-6-4-16(5-7-17)14-28-12-3-10-26-28/h2-10,12-13,15H,1,11,14H2. The van der Waals surface area contributed by atoms with Gasteiger partial charge in [0.2, 0.25) is 0 Å². The summed E-state index contributed by atoms with van der Waals surface area (Å²) in [5, 5.41) is 7.64. The van der Waals surface area contributed by atoms with Crippen LogP contribution in [-0.2, 0) is 6.54 Å². The Morgan fingerprint density at radius 1 is 1.16 bits per heavy atom. The number of anilines is 1.